The van der Waals surface area contributed by atoms with Gasteiger partial charge in [0.2, 0.25) is 0 Å². The molecule has 0 saturated heterocycles. The molecule has 1 aromatic heterocycles. The average Bonchev–Trinajstić information content (AvgIpc) is 2.85. The second kappa shape index (κ2) is 6.52. The number of ether oxygens (including phenoxy) is 1. The van der Waals surface area contributed by atoms with Crippen LogP contribution in [0.15, 0.2) is 34.7 Å². The Kier molecular flexibility index (Phi) is 4.74. The van der Waals surface area contributed by atoms with Gasteiger partial charge >= 0.3 is 0 Å². The van der Waals surface area contributed by atoms with Gasteiger partial charge in [0.05, 0.1) is 25.1 Å². The highest BCUT2D eigenvalue weighted by atomic mass is 32.2. The van der Waals surface area contributed by atoms with Gasteiger partial charge in [-0.25, -0.2) is 4.39 Å². The van der Waals surface area contributed by atoms with Crippen LogP contribution in [0.3, 0.4) is 0 Å². The lowest BCUT2D eigenvalue weighted by Crippen LogP contribution is -2.00. The van der Waals surface area contributed by atoms with E-state index in [1.54, 1.807) is 17.8 Å². The third kappa shape index (κ3) is 3.67. The number of benzene rings is 1. The van der Waals surface area contributed by atoms with Crippen molar-refractivity contribution in [1.29, 1.82) is 0 Å². The van der Waals surface area contributed by atoms with E-state index in [1.807, 2.05) is 18.4 Å². The average molecular weight is 281 g/mol. The first-order valence-electron chi connectivity index (χ1n) is 5.87. The Balaban J connectivity index is 2.01. The Morgan fingerprint density at radius 3 is 2.79 bits per heavy atom. The summed E-state index contributed by atoms with van der Waals surface area (Å²) in [6.07, 6.45) is 2.03. The predicted molar refractivity (Wildman–Crippen MR) is 76.2 cm³/mol. The monoisotopic (exact) mass is 281 g/mol. The summed E-state index contributed by atoms with van der Waals surface area (Å²) in [5, 5.41) is 3.17. The fourth-order valence-electron chi connectivity index (χ4n) is 1.73. The summed E-state index contributed by atoms with van der Waals surface area (Å²) in [6.45, 7) is 0.538. The third-order valence-electron chi connectivity index (χ3n) is 2.62. The van der Waals surface area contributed by atoms with Crippen LogP contribution in [0.5, 0.6) is 5.75 Å². The molecule has 0 atom stereocenters. The van der Waals surface area contributed by atoms with E-state index in [0.29, 0.717) is 12.3 Å². The smallest absolute Gasteiger partial charge is 0.144 e. The molecular formula is C14H16FNO2S. The summed E-state index contributed by atoms with van der Waals surface area (Å²) in [4.78, 5) is 0. The van der Waals surface area contributed by atoms with E-state index < -0.39 is 0 Å². The molecule has 0 aliphatic heterocycles. The van der Waals surface area contributed by atoms with Crippen LogP contribution >= 0.6 is 11.8 Å². The van der Waals surface area contributed by atoms with E-state index in [0.717, 1.165) is 23.0 Å². The van der Waals surface area contributed by atoms with Crippen molar-refractivity contribution in [3.63, 3.8) is 0 Å². The van der Waals surface area contributed by atoms with Crippen LogP contribution in [0.1, 0.15) is 11.5 Å². The summed E-state index contributed by atoms with van der Waals surface area (Å²) in [6, 6.07) is 8.31. The quantitative estimate of drug-likeness (QED) is 0.870. The molecule has 19 heavy (non-hydrogen) atoms. The molecule has 2 aromatic rings. The number of nitrogens with one attached hydrogen (secondary N) is 1. The number of rotatable bonds is 6. The minimum atomic E-state index is -0.317. The van der Waals surface area contributed by atoms with E-state index in [4.69, 9.17) is 9.15 Å². The number of hydrogen-bond donors (Lipinski definition) is 1. The Morgan fingerprint density at radius 1 is 1.26 bits per heavy atom. The molecule has 0 fully saturated rings. The summed E-state index contributed by atoms with van der Waals surface area (Å²) in [5.74, 6) is 2.82. The maximum absolute atomic E-state index is 13.1. The summed E-state index contributed by atoms with van der Waals surface area (Å²) in [5.41, 5.74) is 0.742. The number of thioether (sulfide) groups is 1. The maximum Gasteiger partial charge on any atom is 0.144 e. The van der Waals surface area contributed by atoms with Gasteiger partial charge in [0, 0.05) is 6.07 Å². The largest absolute Gasteiger partial charge is 0.494 e. The fraction of sp³-hybridized carbons (Fsp3) is 0.286. The predicted octanol–water partition coefficient (Wildman–Crippen LogP) is 3.90. The molecule has 0 amide bonds. The van der Waals surface area contributed by atoms with Crippen molar-refractivity contribution in [2.24, 2.45) is 0 Å². The minimum Gasteiger partial charge on any atom is -0.494 e. The van der Waals surface area contributed by atoms with Gasteiger partial charge in [0.25, 0.3) is 0 Å². The van der Waals surface area contributed by atoms with Crippen LogP contribution in [0.25, 0.3) is 0 Å². The molecule has 3 nitrogen and oxygen atoms in total. The van der Waals surface area contributed by atoms with Crippen LogP contribution in [0.2, 0.25) is 0 Å². The number of halogens is 1. The second-order valence-corrected chi connectivity index (χ2v) is 4.87. The van der Waals surface area contributed by atoms with Crippen LogP contribution in [0, 0.1) is 5.82 Å². The zero-order valence-electron chi connectivity index (χ0n) is 10.9. The lowest BCUT2D eigenvalue weighted by Gasteiger charge is -2.09. The number of anilines is 1. The van der Waals surface area contributed by atoms with Crippen molar-refractivity contribution in [3.8, 4) is 5.75 Å². The van der Waals surface area contributed by atoms with Crippen LogP contribution in [-0.4, -0.2) is 13.4 Å². The fourth-order valence-corrected chi connectivity index (χ4v) is 2.17. The van der Waals surface area contributed by atoms with Crippen molar-refractivity contribution < 1.29 is 13.5 Å². The molecule has 0 aliphatic rings. The van der Waals surface area contributed by atoms with Gasteiger partial charge in [-0.05, 0) is 30.5 Å². The van der Waals surface area contributed by atoms with Gasteiger partial charge in [0.1, 0.15) is 23.1 Å². The molecule has 102 valence electrons. The highest BCUT2D eigenvalue weighted by Gasteiger charge is 2.06. The first-order valence-corrected chi connectivity index (χ1v) is 7.26. The molecule has 0 aliphatic carbocycles. The van der Waals surface area contributed by atoms with Gasteiger partial charge < -0.3 is 14.5 Å². The molecule has 5 heteroatoms. The zero-order chi connectivity index (χ0) is 13.7. The lowest BCUT2D eigenvalue weighted by atomic mass is 10.2. The molecule has 0 unspecified atom stereocenters. The van der Waals surface area contributed by atoms with Gasteiger partial charge in [-0.15, -0.1) is 0 Å². The molecular weight excluding hydrogens is 265 g/mol. The van der Waals surface area contributed by atoms with Crippen molar-refractivity contribution in [2.45, 2.75) is 12.3 Å². The van der Waals surface area contributed by atoms with Gasteiger partial charge in [-0.2, -0.15) is 11.8 Å². The number of hydrogen-bond acceptors (Lipinski definition) is 4. The molecule has 0 spiro atoms. The van der Waals surface area contributed by atoms with Crippen LogP contribution < -0.4 is 10.1 Å². The van der Waals surface area contributed by atoms with Crippen molar-refractivity contribution in [1.82, 2.24) is 0 Å². The highest BCUT2D eigenvalue weighted by Crippen LogP contribution is 2.25. The molecule has 0 radical (unpaired) electrons. The molecule has 1 N–H and O–H groups in total. The second-order valence-electron chi connectivity index (χ2n) is 4.00. The standard InChI is InChI=1S/C14H16FNO2S/c1-17-14-7-10(15)3-6-13(14)16-8-11-4-5-12(18-11)9-19-2/h3-7,16H,8-9H2,1-2H3. The van der Waals surface area contributed by atoms with Crippen LogP contribution in [0.4, 0.5) is 10.1 Å². The highest BCUT2D eigenvalue weighted by molar-refractivity contribution is 7.97. The first kappa shape index (κ1) is 13.8. The molecule has 1 heterocycles. The lowest BCUT2D eigenvalue weighted by molar-refractivity contribution is 0.412. The van der Waals surface area contributed by atoms with Crippen LogP contribution in [-0.2, 0) is 12.3 Å². The first-order chi connectivity index (χ1) is 9.22. The number of methoxy groups -OCH3 is 1. The van der Waals surface area contributed by atoms with E-state index in [2.05, 4.69) is 5.32 Å². The Morgan fingerprint density at radius 2 is 2.05 bits per heavy atom. The number of furan rings is 1. The molecule has 0 saturated carbocycles. The van der Waals surface area contributed by atoms with E-state index in [1.165, 1.54) is 19.2 Å². The molecule has 1 aromatic carbocycles. The summed E-state index contributed by atoms with van der Waals surface area (Å²) in [7, 11) is 1.52. The van der Waals surface area contributed by atoms with Gasteiger partial charge in [-0.3, -0.25) is 0 Å². The van der Waals surface area contributed by atoms with Gasteiger partial charge in [-0.1, -0.05) is 0 Å². The Hall–Kier alpha value is -1.62. The van der Waals surface area contributed by atoms with Gasteiger partial charge in [0.15, 0.2) is 0 Å². The van der Waals surface area contributed by atoms with E-state index in [-0.39, 0.29) is 5.82 Å². The molecule has 2 rings (SSSR count). The normalized spacial score (nSPS) is 10.5. The summed E-state index contributed by atoms with van der Waals surface area (Å²) < 4.78 is 23.8. The third-order valence-corrected chi connectivity index (χ3v) is 3.19. The molecule has 0 bridgehead atoms. The van der Waals surface area contributed by atoms with Crippen molar-refractivity contribution >= 4 is 17.4 Å². The van der Waals surface area contributed by atoms with Crippen molar-refractivity contribution in [2.75, 3.05) is 18.7 Å². The summed E-state index contributed by atoms with van der Waals surface area (Å²) >= 11 is 1.71. The van der Waals surface area contributed by atoms with E-state index in [9.17, 15) is 4.39 Å². The van der Waals surface area contributed by atoms with E-state index >= 15 is 0 Å². The Labute approximate surface area is 116 Å². The Bertz CT molecular complexity index is 542. The minimum absolute atomic E-state index is 0.317. The zero-order valence-corrected chi connectivity index (χ0v) is 11.7. The maximum atomic E-state index is 13.1. The SMILES string of the molecule is COc1cc(F)ccc1NCc1ccc(CSC)o1. The van der Waals surface area contributed by atoms with Crippen molar-refractivity contribution in [3.05, 3.63) is 47.7 Å². The topological polar surface area (TPSA) is 34.4 Å².